The van der Waals surface area contributed by atoms with Crippen LogP contribution in [0, 0.1) is 11.8 Å². The molecule has 0 radical (unpaired) electrons. The Morgan fingerprint density at radius 3 is 2.15 bits per heavy atom. The minimum atomic E-state index is -2.18. The molecular formula is C32H41NO5Si. The number of fused-ring (bicyclic) bond motifs is 4. The van der Waals surface area contributed by atoms with E-state index in [4.69, 9.17) is 9.16 Å². The molecule has 1 saturated heterocycles. The van der Waals surface area contributed by atoms with Crippen LogP contribution in [0.15, 0.2) is 54.1 Å². The molecule has 2 aromatic rings. The van der Waals surface area contributed by atoms with Gasteiger partial charge < -0.3 is 14.3 Å². The number of rotatable bonds is 6. The van der Waals surface area contributed by atoms with Crippen LogP contribution in [0.25, 0.3) is 5.57 Å². The molecule has 2 aromatic carbocycles. The van der Waals surface area contributed by atoms with Gasteiger partial charge >= 0.3 is 0 Å². The number of nitrogens with zero attached hydrogens (tertiary/aromatic N) is 1. The lowest BCUT2D eigenvalue weighted by Gasteiger charge is -2.45. The molecule has 7 heteroatoms. The van der Waals surface area contributed by atoms with Crippen molar-refractivity contribution in [1.29, 1.82) is 0 Å². The van der Waals surface area contributed by atoms with E-state index in [1.165, 1.54) is 4.90 Å². The molecule has 2 amide bonds. The summed E-state index contributed by atoms with van der Waals surface area (Å²) in [5.41, 5.74) is 3.14. The second-order valence-electron chi connectivity index (χ2n) is 12.7. The number of carbonyl (C=O) groups excluding carboxylic acids is 2. The number of ether oxygens (including phenoxy) is 1. The van der Waals surface area contributed by atoms with E-state index in [0.717, 1.165) is 11.3 Å². The lowest BCUT2D eigenvalue weighted by Crippen LogP contribution is -2.50. The first kappa shape index (κ1) is 27.7. The predicted octanol–water partition coefficient (Wildman–Crippen LogP) is 6.74. The number of benzene rings is 2. The molecule has 0 aromatic heterocycles. The summed E-state index contributed by atoms with van der Waals surface area (Å²) in [4.78, 5) is 28.6. The van der Waals surface area contributed by atoms with E-state index in [0.29, 0.717) is 39.2 Å². The van der Waals surface area contributed by atoms with Crippen molar-refractivity contribution in [3.8, 4) is 11.5 Å². The Bertz CT molecular complexity index is 1310. The molecule has 0 unspecified atom stereocenters. The second-order valence-corrected chi connectivity index (χ2v) is 18.1. The van der Waals surface area contributed by atoms with Crippen LogP contribution in [0.3, 0.4) is 0 Å². The van der Waals surface area contributed by atoms with Crippen LogP contribution in [0.5, 0.6) is 11.5 Å². The van der Waals surface area contributed by atoms with Gasteiger partial charge in [0.05, 0.1) is 23.6 Å². The number of hydrogen-bond donors (Lipinski definition) is 1. The monoisotopic (exact) mass is 547 g/mol. The van der Waals surface area contributed by atoms with Crippen LogP contribution in [0.4, 0.5) is 5.69 Å². The predicted molar refractivity (Wildman–Crippen MR) is 156 cm³/mol. The second kappa shape index (κ2) is 9.63. The van der Waals surface area contributed by atoms with E-state index in [1.54, 1.807) is 12.1 Å². The zero-order valence-corrected chi connectivity index (χ0v) is 25.3. The van der Waals surface area contributed by atoms with Gasteiger partial charge in [0.15, 0.2) is 0 Å². The summed E-state index contributed by atoms with van der Waals surface area (Å²) in [6.45, 7) is 17.4. The molecule has 0 saturated carbocycles. The number of amides is 2. The molecule has 0 spiro atoms. The summed E-state index contributed by atoms with van der Waals surface area (Å²) in [6, 6.07) is 14.9. The van der Waals surface area contributed by atoms with E-state index in [2.05, 4.69) is 41.5 Å². The maximum Gasteiger partial charge on any atom is 0.258 e. The van der Waals surface area contributed by atoms with Crippen LogP contribution >= 0.6 is 0 Å². The molecule has 208 valence electrons. The smallest absolute Gasteiger partial charge is 0.258 e. The molecule has 3 atom stereocenters. The number of imide groups is 1. The third-order valence-electron chi connectivity index (χ3n) is 9.11. The SMILES string of the molecule is CC(C)[Si](Oc1ccc2c(c1)OC(C)(C)C1=C2[C@@H](O)C[C@@H]2C(=O)N(c3ccccc3)C(=O)[C@H]12)(C(C)C)C(C)C. The highest BCUT2D eigenvalue weighted by molar-refractivity contribution is 6.78. The van der Waals surface area contributed by atoms with Gasteiger partial charge in [0.1, 0.15) is 17.1 Å². The molecule has 6 nitrogen and oxygen atoms in total. The van der Waals surface area contributed by atoms with Gasteiger partial charge in [-0.05, 0) is 72.3 Å². The Kier molecular flexibility index (Phi) is 6.83. The highest BCUT2D eigenvalue weighted by Crippen LogP contribution is 2.55. The van der Waals surface area contributed by atoms with Crippen molar-refractivity contribution in [2.45, 2.75) is 90.1 Å². The summed E-state index contributed by atoms with van der Waals surface area (Å²) >= 11 is 0. The Morgan fingerprint density at radius 2 is 1.56 bits per heavy atom. The third-order valence-corrected chi connectivity index (χ3v) is 15.1. The van der Waals surface area contributed by atoms with E-state index in [9.17, 15) is 14.7 Å². The van der Waals surface area contributed by atoms with Gasteiger partial charge in [-0.1, -0.05) is 59.7 Å². The van der Waals surface area contributed by atoms with Gasteiger partial charge in [-0.2, -0.15) is 0 Å². The van der Waals surface area contributed by atoms with E-state index >= 15 is 0 Å². The average molecular weight is 548 g/mol. The van der Waals surface area contributed by atoms with E-state index < -0.39 is 31.9 Å². The minimum Gasteiger partial charge on any atom is -0.543 e. The lowest BCUT2D eigenvalue weighted by molar-refractivity contribution is -0.122. The Labute approximate surface area is 233 Å². The summed E-state index contributed by atoms with van der Waals surface area (Å²) in [5.74, 6) is -0.375. The quantitative estimate of drug-likeness (QED) is 0.320. The maximum atomic E-state index is 13.8. The zero-order chi connectivity index (χ0) is 28.4. The Balaban J connectivity index is 1.59. The molecule has 1 aliphatic carbocycles. The van der Waals surface area contributed by atoms with Crippen LogP contribution in [0.2, 0.25) is 16.6 Å². The molecule has 1 fully saturated rings. The standard InChI is InChI=1S/C32H41NO5Si/c1-18(2)39(19(3)4,20(5)6)38-22-14-15-23-26(16-22)37-32(7,8)29-27(23)25(34)17-24-28(29)31(36)33(30(24)35)21-12-10-9-11-13-21/h9-16,18-20,24-25,28,34H,17H2,1-8H3/t24-,25-,28-/m0/s1. The van der Waals surface area contributed by atoms with Crippen molar-refractivity contribution in [3.05, 3.63) is 59.7 Å². The Morgan fingerprint density at radius 1 is 0.949 bits per heavy atom. The van der Waals surface area contributed by atoms with E-state index in [-0.39, 0.29) is 18.2 Å². The fourth-order valence-electron chi connectivity index (χ4n) is 7.61. The topological polar surface area (TPSA) is 76.1 Å². The first-order chi connectivity index (χ1) is 18.3. The van der Waals surface area contributed by atoms with Crippen molar-refractivity contribution in [1.82, 2.24) is 0 Å². The summed E-state index contributed by atoms with van der Waals surface area (Å²) in [5, 5.41) is 11.4. The molecule has 39 heavy (non-hydrogen) atoms. The lowest BCUT2D eigenvalue weighted by atomic mass is 9.67. The van der Waals surface area contributed by atoms with Crippen molar-refractivity contribution in [3.63, 3.8) is 0 Å². The number of hydrogen-bond acceptors (Lipinski definition) is 5. The van der Waals surface area contributed by atoms with Gasteiger partial charge in [-0.3, -0.25) is 9.59 Å². The molecule has 3 aliphatic rings. The normalized spacial score (nSPS) is 24.2. The van der Waals surface area contributed by atoms with Crippen molar-refractivity contribution in [2.75, 3.05) is 4.90 Å². The molecule has 2 heterocycles. The maximum absolute atomic E-state index is 13.8. The number of anilines is 1. The van der Waals surface area contributed by atoms with Gasteiger partial charge in [-0.25, -0.2) is 4.90 Å². The first-order valence-corrected chi connectivity index (χ1v) is 16.3. The van der Waals surface area contributed by atoms with Crippen molar-refractivity contribution in [2.24, 2.45) is 11.8 Å². The van der Waals surface area contributed by atoms with Gasteiger partial charge in [0.25, 0.3) is 8.32 Å². The van der Waals surface area contributed by atoms with Crippen LogP contribution in [-0.2, 0) is 9.59 Å². The molecule has 5 rings (SSSR count). The number of aliphatic hydroxyl groups excluding tert-OH is 1. The number of aliphatic hydroxyl groups is 1. The molecular weight excluding hydrogens is 506 g/mol. The molecule has 0 bridgehead atoms. The number of carbonyl (C=O) groups is 2. The summed E-state index contributed by atoms with van der Waals surface area (Å²) < 4.78 is 13.5. The minimum absolute atomic E-state index is 0.204. The zero-order valence-electron chi connectivity index (χ0n) is 24.3. The third kappa shape index (κ3) is 4.16. The summed E-state index contributed by atoms with van der Waals surface area (Å²) in [7, 11) is -2.18. The van der Waals surface area contributed by atoms with Crippen LogP contribution in [0.1, 0.15) is 67.4 Å². The first-order valence-electron chi connectivity index (χ1n) is 14.2. The Hall–Kier alpha value is -2.90. The highest BCUT2D eigenvalue weighted by atomic mass is 28.4. The van der Waals surface area contributed by atoms with Gasteiger partial charge in [0, 0.05) is 11.6 Å². The number of para-hydroxylation sites is 1. The van der Waals surface area contributed by atoms with Crippen LogP contribution in [-0.4, -0.2) is 36.9 Å². The van der Waals surface area contributed by atoms with Gasteiger partial charge in [-0.15, -0.1) is 0 Å². The largest absolute Gasteiger partial charge is 0.543 e. The molecule has 1 N–H and O–H groups in total. The average Bonchev–Trinajstić information content (AvgIpc) is 3.10. The molecule has 2 aliphatic heterocycles. The fourth-order valence-corrected chi connectivity index (χ4v) is 12.9. The summed E-state index contributed by atoms with van der Waals surface area (Å²) in [6.07, 6.45) is -0.673. The van der Waals surface area contributed by atoms with Gasteiger partial charge in [0.2, 0.25) is 11.8 Å². The van der Waals surface area contributed by atoms with E-state index in [1.807, 2.05) is 50.2 Å². The van der Waals surface area contributed by atoms with Crippen LogP contribution < -0.4 is 14.1 Å². The highest BCUT2D eigenvalue weighted by Gasteiger charge is 2.58. The fraction of sp³-hybridized carbons (Fsp3) is 0.500. The van der Waals surface area contributed by atoms with Crippen molar-refractivity contribution >= 4 is 31.4 Å². The van der Waals surface area contributed by atoms with Crippen molar-refractivity contribution < 1.29 is 23.9 Å².